The Balaban J connectivity index is 3.62. The van der Waals surface area contributed by atoms with Crippen molar-refractivity contribution < 1.29 is 4.79 Å². The van der Waals surface area contributed by atoms with Gasteiger partial charge < -0.3 is 16.4 Å². The number of rotatable bonds is 5. The Morgan fingerprint density at radius 2 is 2.14 bits per heavy atom. The molecule has 0 aromatic rings. The van der Waals surface area contributed by atoms with Crippen LogP contribution in [0.3, 0.4) is 0 Å². The first kappa shape index (κ1) is 12.7. The van der Waals surface area contributed by atoms with Gasteiger partial charge in [-0.05, 0) is 20.8 Å². The number of guanidine groups is 1. The summed E-state index contributed by atoms with van der Waals surface area (Å²) in [6, 6.07) is 0.178. The summed E-state index contributed by atoms with van der Waals surface area (Å²) in [5, 5.41) is 5.64. The van der Waals surface area contributed by atoms with Gasteiger partial charge in [-0.25, -0.2) is 0 Å². The third-order valence-corrected chi connectivity index (χ3v) is 1.43. The SMILES string of the molecule is CCNC(N)=NCCC(=O)NC(C)C. The molecule has 1 amide bonds. The van der Waals surface area contributed by atoms with Gasteiger partial charge in [-0.1, -0.05) is 0 Å². The van der Waals surface area contributed by atoms with Gasteiger partial charge in [0.1, 0.15) is 0 Å². The molecule has 0 bridgehead atoms. The standard InChI is InChI=1S/C9H20N4O/c1-4-11-9(10)12-6-5-8(14)13-7(2)3/h7H,4-6H2,1-3H3,(H,13,14)(H3,10,11,12). The average Bonchev–Trinajstić information content (AvgIpc) is 2.02. The van der Waals surface area contributed by atoms with Gasteiger partial charge in [0.25, 0.3) is 0 Å². The van der Waals surface area contributed by atoms with E-state index < -0.39 is 0 Å². The van der Waals surface area contributed by atoms with Crippen LogP contribution in [0.2, 0.25) is 0 Å². The van der Waals surface area contributed by atoms with Crippen molar-refractivity contribution in [1.82, 2.24) is 10.6 Å². The number of nitrogens with two attached hydrogens (primary N) is 1. The van der Waals surface area contributed by atoms with Crippen molar-refractivity contribution >= 4 is 11.9 Å². The molecule has 0 rings (SSSR count). The van der Waals surface area contributed by atoms with E-state index in [9.17, 15) is 4.79 Å². The molecule has 5 nitrogen and oxygen atoms in total. The lowest BCUT2D eigenvalue weighted by molar-refractivity contribution is -0.121. The van der Waals surface area contributed by atoms with Crippen LogP contribution in [0.4, 0.5) is 0 Å². The molecule has 82 valence electrons. The third kappa shape index (κ3) is 7.39. The molecule has 0 aromatic heterocycles. The van der Waals surface area contributed by atoms with Crippen LogP contribution in [0.25, 0.3) is 0 Å². The zero-order valence-electron chi connectivity index (χ0n) is 9.13. The van der Waals surface area contributed by atoms with Crippen LogP contribution in [0.15, 0.2) is 4.99 Å². The van der Waals surface area contributed by atoms with Crippen LogP contribution in [0.5, 0.6) is 0 Å². The second-order valence-corrected chi connectivity index (χ2v) is 3.27. The Labute approximate surface area is 85.2 Å². The van der Waals surface area contributed by atoms with Gasteiger partial charge in [0.05, 0.1) is 6.54 Å². The normalized spacial score (nSPS) is 11.6. The molecular formula is C9H20N4O. The number of amides is 1. The van der Waals surface area contributed by atoms with Crippen molar-refractivity contribution in [3.8, 4) is 0 Å². The largest absolute Gasteiger partial charge is 0.370 e. The van der Waals surface area contributed by atoms with Gasteiger partial charge in [0.2, 0.25) is 5.91 Å². The van der Waals surface area contributed by atoms with Gasteiger partial charge in [-0.3, -0.25) is 9.79 Å². The van der Waals surface area contributed by atoms with Crippen LogP contribution in [0.1, 0.15) is 27.2 Å². The predicted molar refractivity (Wildman–Crippen MR) is 58.1 cm³/mol. The molecule has 0 radical (unpaired) electrons. The first-order valence-electron chi connectivity index (χ1n) is 4.89. The molecule has 5 heteroatoms. The number of aliphatic imine (C=N–C) groups is 1. The summed E-state index contributed by atoms with van der Waals surface area (Å²) in [6.07, 6.45) is 0.379. The molecule has 0 aliphatic heterocycles. The molecule has 0 saturated heterocycles. The van der Waals surface area contributed by atoms with Crippen LogP contribution < -0.4 is 16.4 Å². The van der Waals surface area contributed by atoms with Crippen LogP contribution in [0, 0.1) is 0 Å². The van der Waals surface area contributed by atoms with Crippen molar-refractivity contribution in [2.24, 2.45) is 10.7 Å². The van der Waals surface area contributed by atoms with Gasteiger partial charge in [-0.15, -0.1) is 0 Å². The van der Waals surface area contributed by atoms with Crippen LogP contribution in [-0.4, -0.2) is 31.0 Å². The van der Waals surface area contributed by atoms with Crippen molar-refractivity contribution in [1.29, 1.82) is 0 Å². The molecule has 0 heterocycles. The minimum atomic E-state index is 0.00745. The second kappa shape index (κ2) is 7.17. The Kier molecular flexibility index (Phi) is 6.53. The fraction of sp³-hybridized carbons (Fsp3) is 0.778. The van der Waals surface area contributed by atoms with Gasteiger partial charge in [-0.2, -0.15) is 0 Å². The maximum atomic E-state index is 11.2. The first-order chi connectivity index (χ1) is 6.56. The number of carbonyl (C=O) groups is 1. The topological polar surface area (TPSA) is 79.5 Å². The number of hydrogen-bond acceptors (Lipinski definition) is 2. The average molecular weight is 200 g/mol. The molecule has 4 N–H and O–H groups in total. The van der Waals surface area contributed by atoms with Crippen molar-refractivity contribution in [3.63, 3.8) is 0 Å². The lowest BCUT2D eigenvalue weighted by Crippen LogP contribution is -2.33. The van der Waals surface area contributed by atoms with E-state index in [-0.39, 0.29) is 11.9 Å². The molecule has 0 fully saturated rings. The molecule has 0 spiro atoms. The van der Waals surface area contributed by atoms with E-state index in [1.54, 1.807) is 0 Å². The fourth-order valence-corrected chi connectivity index (χ4v) is 0.909. The molecule has 0 aliphatic carbocycles. The Bertz CT molecular complexity index is 201. The summed E-state index contributed by atoms with van der Waals surface area (Å²) in [5.74, 6) is 0.401. The quantitative estimate of drug-likeness (QED) is 0.425. The highest BCUT2D eigenvalue weighted by atomic mass is 16.1. The van der Waals surface area contributed by atoms with E-state index in [0.717, 1.165) is 6.54 Å². The number of nitrogens with one attached hydrogen (secondary N) is 2. The van der Waals surface area contributed by atoms with Gasteiger partial charge in [0, 0.05) is 19.0 Å². The Morgan fingerprint density at radius 3 is 2.64 bits per heavy atom. The third-order valence-electron chi connectivity index (χ3n) is 1.43. The maximum Gasteiger partial charge on any atom is 0.222 e. The van der Waals surface area contributed by atoms with E-state index in [1.807, 2.05) is 20.8 Å². The van der Waals surface area contributed by atoms with E-state index in [0.29, 0.717) is 18.9 Å². The second-order valence-electron chi connectivity index (χ2n) is 3.27. The lowest BCUT2D eigenvalue weighted by Gasteiger charge is -2.07. The van der Waals surface area contributed by atoms with Crippen molar-refractivity contribution in [3.05, 3.63) is 0 Å². The Hall–Kier alpha value is -1.26. The minimum Gasteiger partial charge on any atom is -0.370 e. The first-order valence-corrected chi connectivity index (χ1v) is 4.89. The number of carbonyl (C=O) groups excluding carboxylic acids is 1. The molecule has 14 heavy (non-hydrogen) atoms. The summed E-state index contributed by atoms with van der Waals surface area (Å²) in [5.41, 5.74) is 5.48. The predicted octanol–water partition coefficient (Wildman–Crippen LogP) is -0.175. The highest BCUT2D eigenvalue weighted by molar-refractivity contribution is 5.79. The molecule has 0 aromatic carbocycles. The highest BCUT2D eigenvalue weighted by Crippen LogP contribution is 1.84. The summed E-state index contributed by atoms with van der Waals surface area (Å²) in [7, 11) is 0. The molecule has 0 unspecified atom stereocenters. The molecular weight excluding hydrogens is 180 g/mol. The minimum absolute atomic E-state index is 0.00745. The number of nitrogens with zero attached hydrogens (tertiary/aromatic N) is 1. The molecule has 0 saturated carbocycles. The monoisotopic (exact) mass is 200 g/mol. The van der Waals surface area contributed by atoms with E-state index in [1.165, 1.54) is 0 Å². The summed E-state index contributed by atoms with van der Waals surface area (Å²) in [4.78, 5) is 15.1. The maximum absolute atomic E-state index is 11.2. The van der Waals surface area contributed by atoms with Gasteiger partial charge >= 0.3 is 0 Å². The van der Waals surface area contributed by atoms with E-state index in [2.05, 4.69) is 15.6 Å². The zero-order valence-corrected chi connectivity index (χ0v) is 9.13. The summed E-state index contributed by atoms with van der Waals surface area (Å²) in [6.45, 7) is 6.96. The molecule has 0 atom stereocenters. The van der Waals surface area contributed by atoms with Gasteiger partial charge in [0.15, 0.2) is 5.96 Å². The lowest BCUT2D eigenvalue weighted by atomic mass is 10.3. The van der Waals surface area contributed by atoms with E-state index in [4.69, 9.17) is 5.73 Å². The summed E-state index contributed by atoms with van der Waals surface area (Å²) < 4.78 is 0. The highest BCUT2D eigenvalue weighted by Gasteiger charge is 2.01. The smallest absolute Gasteiger partial charge is 0.222 e. The fourth-order valence-electron chi connectivity index (χ4n) is 0.909. The Morgan fingerprint density at radius 1 is 1.50 bits per heavy atom. The number of hydrogen-bond donors (Lipinski definition) is 3. The van der Waals surface area contributed by atoms with E-state index >= 15 is 0 Å². The van der Waals surface area contributed by atoms with Crippen molar-refractivity contribution in [2.75, 3.05) is 13.1 Å². The molecule has 0 aliphatic rings. The summed E-state index contributed by atoms with van der Waals surface area (Å²) >= 11 is 0. The van der Waals surface area contributed by atoms with Crippen LogP contribution in [-0.2, 0) is 4.79 Å². The zero-order chi connectivity index (χ0) is 11.0. The van der Waals surface area contributed by atoms with Crippen LogP contribution >= 0.6 is 0 Å². The van der Waals surface area contributed by atoms with Crippen molar-refractivity contribution in [2.45, 2.75) is 33.2 Å².